The lowest BCUT2D eigenvalue weighted by atomic mass is 10.1. The third kappa shape index (κ3) is 5.65. The van der Waals surface area contributed by atoms with Gasteiger partial charge >= 0.3 is 0 Å². The standard InChI is InChI=1S/C23H22BrClFNO3/c1-28-17-8-6-15(7-9-17)12-27-13-16-10-19(24)23(22(11-16)29-2)30-14-18-20(25)4-3-5-21(18)26/h3-11,27H,12-14H2,1-2H3. The Kier molecular flexibility index (Phi) is 7.96. The summed E-state index contributed by atoms with van der Waals surface area (Å²) in [6.45, 7) is 1.35. The highest BCUT2D eigenvalue weighted by Gasteiger charge is 2.14. The number of nitrogens with one attached hydrogen (secondary N) is 1. The van der Waals surface area contributed by atoms with Crippen LogP contribution in [0.4, 0.5) is 4.39 Å². The molecule has 0 aliphatic carbocycles. The van der Waals surface area contributed by atoms with Gasteiger partial charge in [-0.25, -0.2) is 4.39 Å². The summed E-state index contributed by atoms with van der Waals surface area (Å²) in [5.74, 6) is 1.48. The Bertz CT molecular complexity index is 978. The molecule has 0 saturated carbocycles. The van der Waals surface area contributed by atoms with Crippen LogP contribution in [0.2, 0.25) is 5.02 Å². The number of halogens is 3. The molecule has 1 N–H and O–H groups in total. The monoisotopic (exact) mass is 493 g/mol. The maximum Gasteiger partial charge on any atom is 0.175 e. The number of hydrogen-bond donors (Lipinski definition) is 1. The third-order valence-corrected chi connectivity index (χ3v) is 5.47. The van der Waals surface area contributed by atoms with E-state index in [1.165, 1.54) is 6.07 Å². The molecule has 0 aliphatic rings. The molecule has 0 saturated heterocycles. The molecule has 4 nitrogen and oxygen atoms in total. The SMILES string of the molecule is COc1ccc(CNCc2cc(Br)c(OCc3c(F)cccc3Cl)c(OC)c2)cc1. The first-order valence-corrected chi connectivity index (χ1v) is 10.4. The van der Waals surface area contributed by atoms with Gasteiger partial charge in [-0.15, -0.1) is 0 Å². The fourth-order valence-corrected chi connectivity index (χ4v) is 3.75. The summed E-state index contributed by atoms with van der Waals surface area (Å²) in [6, 6.07) is 16.3. The second-order valence-corrected chi connectivity index (χ2v) is 7.81. The molecule has 0 atom stereocenters. The van der Waals surface area contributed by atoms with E-state index in [9.17, 15) is 4.39 Å². The molecule has 0 heterocycles. The lowest BCUT2D eigenvalue weighted by Gasteiger charge is -2.15. The Labute approximate surface area is 189 Å². The van der Waals surface area contributed by atoms with Crippen molar-refractivity contribution in [2.45, 2.75) is 19.7 Å². The van der Waals surface area contributed by atoms with Gasteiger partial charge in [-0.05, 0) is 63.5 Å². The minimum Gasteiger partial charge on any atom is -0.497 e. The molecule has 0 aliphatic heterocycles. The molecule has 30 heavy (non-hydrogen) atoms. The van der Waals surface area contributed by atoms with E-state index < -0.39 is 5.82 Å². The fourth-order valence-electron chi connectivity index (χ4n) is 2.92. The predicted octanol–water partition coefficient (Wildman–Crippen LogP) is 6.13. The van der Waals surface area contributed by atoms with Gasteiger partial charge in [0.1, 0.15) is 18.2 Å². The van der Waals surface area contributed by atoms with E-state index in [2.05, 4.69) is 21.2 Å². The van der Waals surface area contributed by atoms with Crippen LogP contribution >= 0.6 is 27.5 Å². The lowest BCUT2D eigenvalue weighted by Crippen LogP contribution is -2.13. The van der Waals surface area contributed by atoms with Gasteiger partial charge in [0.15, 0.2) is 11.5 Å². The Balaban J connectivity index is 1.65. The number of methoxy groups -OCH3 is 2. The fraction of sp³-hybridized carbons (Fsp3) is 0.217. The molecule has 158 valence electrons. The highest BCUT2D eigenvalue weighted by atomic mass is 79.9. The zero-order valence-electron chi connectivity index (χ0n) is 16.7. The van der Waals surface area contributed by atoms with Crippen molar-refractivity contribution >= 4 is 27.5 Å². The van der Waals surface area contributed by atoms with Crippen LogP contribution in [-0.4, -0.2) is 14.2 Å². The number of hydrogen-bond acceptors (Lipinski definition) is 4. The van der Waals surface area contributed by atoms with Crippen molar-refractivity contribution in [3.05, 3.63) is 86.6 Å². The van der Waals surface area contributed by atoms with Gasteiger partial charge in [0.05, 0.1) is 23.7 Å². The summed E-state index contributed by atoms with van der Waals surface area (Å²) < 4.78 is 31.2. The molecule has 3 aromatic carbocycles. The average molecular weight is 495 g/mol. The van der Waals surface area contributed by atoms with Crippen LogP contribution in [-0.2, 0) is 19.7 Å². The Morgan fingerprint density at radius 3 is 2.37 bits per heavy atom. The highest BCUT2D eigenvalue weighted by molar-refractivity contribution is 9.10. The largest absolute Gasteiger partial charge is 0.497 e. The normalized spacial score (nSPS) is 10.7. The van der Waals surface area contributed by atoms with Crippen molar-refractivity contribution in [2.75, 3.05) is 14.2 Å². The second kappa shape index (κ2) is 10.7. The molecular weight excluding hydrogens is 473 g/mol. The van der Waals surface area contributed by atoms with Crippen molar-refractivity contribution in [2.24, 2.45) is 0 Å². The van der Waals surface area contributed by atoms with Crippen molar-refractivity contribution in [1.82, 2.24) is 5.32 Å². The Morgan fingerprint density at radius 2 is 1.70 bits per heavy atom. The molecular formula is C23H22BrClFNO3. The van der Waals surface area contributed by atoms with Crippen molar-refractivity contribution in [1.29, 1.82) is 0 Å². The van der Waals surface area contributed by atoms with Gasteiger partial charge in [-0.3, -0.25) is 0 Å². The van der Waals surface area contributed by atoms with E-state index in [1.807, 2.05) is 36.4 Å². The predicted molar refractivity (Wildman–Crippen MR) is 120 cm³/mol. The van der Waals surface area contributed by atoms with E-state index in [0.717, 1.165) is 21.3 Å². The molecule has 0 bridgehead atoms. The molecule has 0 fully saturated rings. The average Bonchev–Trinajstić information content (AvgIpc) is 2.74. The van der Waals surface area contributed by atoms with Crippen LogP contribution in [0.5, 0.6) is 17.2 Å². The first-order valence-electron chi connectivity index (χ1n) is 9.27. The number of rotatable bonds is 9. The van der Waals surface area contributed by atoms with Gasteiger partial charge in [0.2, 0.25) is 0 Å². The van der Waals surface area contributed by atoms with Gasteiger partial charge < -0.3 is 19.5 Å². The zero-order valence-corrected chi connectivity index (χ0v) is 19.0. The quantitative estimate of drug-likeness (QED) is 0.389. The van der Waals surface area contributed by atoms with Crippen molar-refractivity contribution < 1.29 is 18.6 Å². The van der Waals surface area contributed by atoms with E-state index in [-0.39, 0.29) is 6.61 Å². The van der Waals surface area contributed by atoms with E-state index in [4.69, 9.17) is 25.8 Å². The Hall–Kier alpha value is -2.28. The van der Waals surface area contributed by atoms with E-state index >= 15 is 0 Å². The first-order chi connectivity index (χ1) is 14.5. The van der Waals surface area contributed by atoms with Crippen LogP contribution in [0.3, 0.4) is 0 Å². The molecule has 3 aromatic rings. The summed E-state index contributed by atoms with van der Waals surface area (Å²) in [7, 11) is 3.22. The van der Waals surface area contributed by atoms with Crippen LogP contribution in [0.15, 0.2) is 59.1 Å². The first kappa shape index (κ1) is 22.4. The second-order valence-electron chi connectivity index (χ2n) is 6.55. The van der Waals surface area contributed by atoms with E-state index in [0.29, 0.717) is 35.2 Å². The minimum atomic E-state index is -0.406. The summed E-state index contributed by atoms with van der Waals surface area (Å²) >= 11 is 9.61. The summed E-state index contributed by atoms with van der Waals surface area (Å²) in [5.41, 5.74) is 2.48. The van der Waals surface area contributed by atoms with Crippen molar-refractivity contribution in [3.8, 4) is 17.2 Å². The zero-order chi connectivity index (χ0) is 21.5. The smallest absolute Gasteiger partial charge is 0.175 e. The summed E-state index contributed by atoms with van der Waals surface area (Å²) in [4.78, 5) is 0. The molecule has 0 spiro atoms. The lowest BCUT2D eigenvalue weighted by molar-refractivity contribution is 0.277. The molecule has 0 aromatic heterocycles. The molecule has 3 rings (SSSR count). The Morgan fingerprint density at radius 1 is 0.967 bits per heavy atom. The van der Waals surface area contributed by atoms with Crippen LogP contribution in [0, 0.1) is 5.82 Å². The van der Waals surface area contributed by atoms with Crippen LogP contribution < -0.4 is 19.5 Å². The van der Waals surface area contributed by atoms with Gasteiger partial charge in [-0.1, -0.05) is 29.8 Å². The topological polar surface area (TPSA) is 39.7 Å². The number of benzene rings is 3. The third-order valence-electron chi connectivity index (χ3n) is 4.53. The van der Waals surface area contributed by atoms with Crippen LogP contribution in [0.25, 0.3) is 0 Å². The summed E-state index contributed by atoms with van der Waals surface area (Å²) in [6.07, 6.45) is 0. The van der Waals surface area contributed by atoms with Gasteiger partial charge in [0.25, 0.3) is 0 Å². The maximum absolute atomic E-state index is 14.0. The maximum atomic E-state index is 14.0. The van der Waals surface area contributed by atoms with Gasteiger partial charge in [0, 0.05) is 18.7 Å². The van der Waals surface area contributed by atoms with Crippen LogP contribution in [0.1, 0.15) is 16.7 Å². The molecule has 0 radical (unpaired) electrons. The van der Waals surface area contributed by atoms with Gasteiger partial charge in [-0.2, -0.15) is 0 Å². The number of ether oxygens (including phenoxy) is 3. The summed E-state index contributed by atoms with van der Waals surface area (Å²) in [5, 5.41) is 3.72. The van der Waals surface area contributed by atoms with Crippen molar-refractivity contribution in [3.63, 3.8) is 0 Å². The minimum absolute atomic E-state index is 0.00443. The molecule has 0 amide bonds. The van der Waals surface area contributed by atoms with E-state index in [1.54, 1.807) is 26.4 Å². The molecule has 0 unspecified atom stereocenters. The highest BCUT2D eigenvalue weighted by Crippen LogP contribution is 2.37. The molecule has 7 heteroatoms.